The number of fused-ring (bicyclic) bond motifs is 1. The van der Waals surface area contributed by atoms with E-state index in [-0.39, 0.29) is 18.1 Å². The molecule has 1 aliphatic rings. The van der Waals surface area contributed by atoms with Crippen LogP contribution in [0.4, 0.5) is 24.8 Å². The largest absolute Gasteiger partial charge is 0.416 e. The number of anilines is 2. The van der Waals surface area contributed by atoms with Crippen molar-refractivity contribution < 1.29 is 22.8 Å². The number of thioether (sulfide) groups is 1. The Morgan fingerprint density at radius 1 is 1.16 bits per heavy atom. The van der Waals surface area contributed by atoms with Crippen LogP contribution in [0.5, 0.6) is 0 Å². The van der Waals surface area contributed by atoms with Crippen molar-refractivity contribution in [1.82, 2.24) is 14.8 Å². The van der Waals surface area contributed by atoms with E-state index in [1.54, 1.807) is 0 Å². The fraction of sp³-hybridized carbons (Fsp3) is 0.200. The van der Waals surface area contributed by atoms with Gasteiger partial charge in [0, 0.05) is 11.4 Å². The molecule has 1 aromatic heterocycles. The molecule has 4 rings (SSSR count). The molecule has 3 aromatic rings. The van der Waals surface area contributed by atoms with Gasteiger partial charge in [-0.1, -0.05) is 48.2 Å². The number of nitrogens with one attached hydrogen (secondary N) is 2. The minimum absolute atomic E-state index is 0.00357. The molecule has 160 valence electrons. The van der Waals surface area contributed by atoms with E-state index in [4.69, 9.17) is 0 Å². The van der Waals surface area contributed by atoms with Crippen molar-refractivity contribution in [3.05, 3.63) is 65.7 Å². The van der Waals surface area contributed by atoms with Crippen LogP contribution in [0.1, 0.15) is 23.6 Å². The lowest BCUT2D eigenvalue weighted by Gasteiger charge is -2.12. The third-order valence-corrected chi connectivity index (χ3v) is 5.42. The van der Waals surface area contributed by atoms with E-state index < -0.39 is 29.6 Å². The van der Waals surface area contributed by atoms with Crippen LogP contribution in [0, 0.1) is 0 Å². The first-order valence-electron chi connectivity index (χ1n) is 9.21. The maximum Gasteiger partial charge on any atom is 0.416 e. The van der Waals surface area contributed by atoms with Crippen LogP contribution in [-0.4, -0.2) is 26.6 Å². The molecule has 0 saturated heterocycles. The van der Waals surface area contributed by atoms with Crippen LogP contribution >= 0.6 is 11.8 Å². The lowest BCUT2D eigenvalue weighted by atomic mass is 10.1. The SMILES string of the molecule is O=C(C[C@H]1C(=O)Nc2nc(SCc3ccccc3)nn21)Nc1cccc(C(F)(F)F)c1. The van der Waals surface area contributed by atoms with Crippen LogP contribution in [0.2, 0.25) is 0 Å². The standard InChI is InChI=1S/C20H16F3N5O2S/c21-20(22,23)13-7-4-8-14(9-13)24-16(29)10-15-17(30)25-18-26-19(27-28(15)18)31-11-12-5-2-1-3-6-12/h1-9,15H,10-11H2,(H,24,29)(H,25,26,27,30)/t15-/m0/s1. The van der Waals surface area contributed by atoms with E-state index in [2.05, 4.69) is 20.7 Å². The van der Waals surface area contributed by atoms with E-state index in [9.17, 15) is 22.8 Å². The van der Waals surface area contributed by atoms with Gasteiger partial charge in [-0.3, -0.25) is 14.9 Å². The van der Waals surface area contributed by atoms with Gasteiger partial charge < -0.3 is 5.32 Å². The number of hydrogen-bond donors (Lipinski definition) is 2. The van der Waals surface area contributed by atoms with Crippen LogP contribution in [0.15, 0.2) is 59.8 Å². The lowest BCUT2D eigenvalue weighted by molar-refractivity contribution is -0.137. The number of nitrogens with zero attached hydrogens (tertiary/aromatic N) is 3. The van der Waals surface area contributed by atoms with Gasteiger partial charge in [-0.05, 0) is 23.8 Å². The summed E-state index contributed by atoms with van der Waals surface area (Å²) in [6.45, 7) is 0. The smallest absolute Gasteiger partial charge is 0.326 e. The maximum atomic E-state index is 12.8. The Hall–Kier alpha value is -3.34. The Labute approximate surface area is 179 Å². The number of amides is 2. The van der Waals surface area contributed by atoms with Crippen molar-refractivity contribution in [2.75, 3.05) is 10.6 Å². The van der Waals surface area contributed by atoms with E-state index in [1.807, 2.05) is 30.3 Å². The number of aromatic nitrogens is 3. The molecule has 7 nitrogen and oxygen atoms in total. The highest BCUT2D eigenvalue weighted by molar-refractivity contribution is 7.98. The topological polar surface area (TPSA) is 88.9 Å². The molecule has 1 aliphatic heterocycles. The van der Waals surface area contributed by atoms with Crippen molar-refractivity contribution in [3.63, 3.8) is 0 Å². The minimum Gasteiger partial charge on any atom is -0.326 e. The summed E-state index contributed by atoms with van der Waals surface area (Å²) in [5.74, 6) is -0.189. The molecule has 31 heavy (non-hydrogen) atoms. The molecule has 11 heteroatoms. The summed E-state index contributed by atoms with van der Waals surface area (Å²) in [5, 5.41) is 9.72. The Kier molecular flexibility index (Phi) is 5.68. The highest BCUT2D eigenvalue weighted by Gasteiger charge is 2.35. The second-order valence-corrected chi connectivity index (χ2v) is 7.72. The van der Waals surface area contributed by atoms with Gasteiger partial charge in [0.1, 0.15) is 6.04 Å². The predicted molar refractivity (Wildman–Crippen MR) is 108 cm³/mol. The molecule has 2 aromatic carbocycles. The zero-order chi connectivity index (χ0) is 22.0. The first kappa shape index (κ1) is 20.9. The van der Waals surface area contributed by atoms with Crippen LogP contribution in [-0.2, 0) is 21.5 Å². The molecule has 2 amide bonds. The summed E-state index contributed by atoms with van der Waals surface area (Å²) in [7, 11) is 0. The lowest BCUT2D eigenvalue weighted by Crippen LogP contribution is -2.24. The van der Waals surface area contributed by atoms with Crippen LogP contribution in [0.25, 0.3) is 0 Å². The number of halogens is 3. The van der Waals surface area contributed by atoms with Gasteiger partial charge >= 0.3 is 6.18 Å². The van der Waals surface area contributed by atoms with Gasteiger partial charge in [-0.2, -0.15) is 18.2 Å². The van der Waals surface area contributed by atoms with Crippen molar-refractivity contribution in [2.45, 2.75) is 29.5 Å². The van der Waals surface area contributed by atoms with Crippen molar-refractivity contribution in [3.8, 4) is 0 Å². The molecule has 2 N–H and O–H groups in total. The third kappa shape index (κ3) is 4.88. The first-order chi connectivity index (χ1) is 14.8. The quantitative estimate of drug-likeness (QED) is 0.555. The number of alkyl halides is 3. The molecular weight excluding hydrogens is 431 g/mol. The second-order valence-electron chi connectivity index (χ2n) is 6.77. The molecule has 0 aliphatic carbocycles. The summed E-state index contributed by atoms with van der Waals surface area (Å²) in [6.07, 6.45) is -4.81. The Morgan fingerprint density at radius 2 is 1.94 bits per heavy atom. The summed E-state index contributed by atoms with van der Waals surface area (Å²) in [6, 6.07) is 13.1. The highest BCUT2D eigenvalue weighted by Crippen LogP contribution is 2.32. The van der Waals surface area contributed by atoms with E-state index in [0.717, 1.165) is 17.7 Å². The summed E-state index contributed by atoms with van der Waals surface area (Å²) < 4.78 is 39.8. The zero-order valence-corrected chi connectivity index (χ0v) is 16.7. The molecule has 2 heterocycles. The monoisotopic (exact) mass is 447 g/mol. The normalized spacial score (nSPS) is 15.5. The number of carbonyl (C=O) groups excluding carboxylic acids is 2. The van der Waals surface area contributed by atoms with Crippen molar-refractivity contribution in [1.29, 1.82) is 0 Å². The fourth-order valence-electron chi connectivity index (χ4n) is 3.03. The predicted octanol–water partition coefficient (Wildman–Crippen LogP) is 4.11. The Bertz CT molecular complexity index is 1120. The van der Waals surface area contributed by atoms with Crippen molar-refractivity contribution >= 4 is 35.2 Å². The van der Waals surface area contributed by atoms with Gasteiger partial charge in [0.05, 0.1) is 12.0 Å². The zero-order valence-electron chi connectivity index (χ0n) is 15.9. The van der Waals surface area contributed by atoms with E-state index >= 15 is 0 Å². The molecule has 0 fully saturated rings. The Morgan fingerprint density at radius 3 is 2.68 bits per heavy atom. The Balaban J connectivity index is 1.41. The van der Waals surface area contributed by atoms with E-state index in [1.165, 1.54) is 28.6 Å². The molecule has 0 spiro atoms. The molecular formula is C20H16F3N5O2S. The summed E-state index contributed by atoms with van der Waals surface area (Å²) in [5.41, 5.74) is 0.210. The van der Waals surface area contributed by atoms with Crippen molar-refractivity contribution in [2.24, 2.45) is 0 Å². The van der Waals surface area contributed by atoms with Gasteiger partial charge in [-0.15, -0.1) is 5.10 Å². The van der Waals surface area contributed by atoms with Gasteiger partial charge in [0.25, 0.3) is 5.91 Å². The number of carbonyl (C=O) groups is 2. The minimum atomic E-state index is -4.52. The molecule has 0 radical (unpaired) electrons. The molecule has 1 atom stereocenters. The number of hydrogen-bond acceptors (Lipinski definition) is 5. The van der Waals surface area contributed by atoms with Gasteiger partial charge in [0.2, 0.25) is 17.0 Å². The van der Waals surface area contributed by atoms with Gasteiger partial charge in [-0.25, -0.2) is 4.68 Å². The van der Waals surface area contributed by atoms with Crippen LogP contribution in [0.3, 0.4) is 0 Å². The maximum absolute atomic E-state index is 12.8. The summed E-state index contributed by atoms with van der Waals surface area (Å²) >= 11 is 1.38. The molecule has 0 bridgehead atoms. The average molecular weight is 447 g/mol. The number of benzene rings is 2. The first-order valence-corrected chi connectivity index (χ1v) is 10.2. The molecule has 0 unspecified atom stereocenters. The highest BCUT2D eigenvalue weighted by atomic mass is 32.2. The summed E-state index contributed by atoms with van der Waals surface area (Å²) in [4.78, 5) is 28.8. The molecule has 0 saturated carbocycles. The van der Waals surface area contributed by atoms with E-state index in [0.29, 0.717) is 10.9 Å². The number of rotatable bonds is 6. The average Bonchev–Trinajstić information content (AvgIpc) is 3.24. The second kappa shape index (κ2) is 8.42. The van der Waals surface area contributed by atoms with Crippen LogP contribution < -0.4 is 10.6 Å². The third-order valence-electron chi connectivity index (χ3n) is 4.51. The van der Waals surface area contributed by atoms with Gasteiger partial charge in [0.15, 0.2) is 0 Å². The fourth-order valence-corrected chi connectivity index (χ4v) is 3.82.